The Labute approximate surface area is 98.0 Å². The molecule has 4 heteroatoms. The molecule has 0 spiro atoms. The van der Waals surface area contributed by atoms with Gasteiger partial charge in [0, 0.05) is 25.0 Å². The molecule has 0 radical (unpaired) electrons. The molecule has 2 aliphatic rings. The highest BCUT2D eigenvalue weighted by molar-refractivity contribution is 5.79. The molecule has 1 amide bonds. The monoisotopic (exact) mass is 225 g/mol. The highest BCUT2D eigenvalue weighted by Gasteiger charge is 2.35. The second-order valence-electron chi connectivity index (χ2n) is 5.40. The first-order valence-electron chi connectivity index (χ1n) is 6.25. The van der Waals surface area contributed by atoms with E-state index in [0.29, 0.717) is 17.9 Å². The number of carbonyl (C=O) groups excluding carboxylic acids is 1. The zero-order valence-corrected chi connectivity index (χ0v) is 10.6. The second kappa shape index (κ2) is 4.72. The largest absolute Gasteiger partial charge is 0.341 e. The first-order chi connectivity index (χ1) is 7.59. The molecule has 0 aliphatic carbocycles. The lowest BCUT2D eigenvalue weighted by Crippen LogP contribution is -2.50. The number of hydrogen-bond donors (Lipinski definition) is 1. The van der Waals surface area contributed by atoms with Gasteiger partial charge in [0.15, 0.2) is 0 Å². The molecule has 2 unspecified atom stereocenters. The maximum atomic E-state index is 12.2. The molecule has 2 heterocycles. The van der Waals surface area contributed by atoms with Crippen LogP contribution in [-0.2, 0) is 4.79 Å². The Bertz CT molecular complexity index is 263. The number of nitrogens with zero attached hydrogens (tertiary/aromatic N) is 2. The molecular formula is C12H23N3O. The van der Waals surface area contributed by atoms with E-state index in [4.69, 9.17) is 0 Å². The third kappa shape index (κ3) is 2.23. The van der Waals surface area contributed by atoms with Crippen LogP contribution in [0.15, 0.2) is 0 Å². The number of amides is 1. The summed E-state index contributed by atoms with van der Waals surface area (Å²) < 4.78 is 0. The predicted octanol–water partition coefficient (Wildman–Crippen LogP) is 0.00440. The summed E-state index contributed by atoms with van der Waals surface area (Å²) >= 11 is 0. The van der Waals surface area contributed by atoms with Gasteiger partial charge in [0.25, 0.3) is 0 Å². The molecule has 4 nitrogen and oxygen atoms in total. The molecule has 2 rings (SSSR count). The summed E-state index contributed by atoms with van der Waals surface area (Å²) in [5.74, 6) is 1.11. The summed E-state index contributed by atoms with van der Waals surface area (Å²) in [6.45, 7) is 5.95. The summed E-state index contributed by atoms with van der Waals surface area (Å²) in [6, 6.07) is 0.552. The number of nitrogens with one attached hydrogen (secondary N) is 1. The Morgan fingerprint density at radius 2 is 2.12 bits per heavy atom. The molecule has 2 aliphatic heterocycles. The second-order valence-corrected chi connectivity index (χ2v) is 5.40. The van der Waals surface area contributed by atoms with Gasteiger partial charge in [0.05, 0.1) is 0 Å². The van der Waals surface area contributed by atoms with E-state index in [1.807, 2.05) is 4.90 Å². The fourth-order valence-electron chi connectivity index (χ4n) is 2.52. The molecule has 0 aromatic carbocycles. The normalized spacial score (nSPS) is 28.2. The van der Waals surface area contributed by atoms with Gasteiger partial charge in [0.1, 0.15) is 0 Å². The van der Waals surface area contributed by atoms with E-state index in [-0.39, 0.29) is 5.92 Å². The van der Waals surface area contributed by atoms with Crippen LogP contribution in [-0.4, -0.2) is 62.0 Å². The van der Waals surface area contributed by atoms with Gasteiger partial charge in [-0.1, -0.05) is 6.92 Å². The van der Waals surface area contributed by atoms with Crippen LogP contribution in [0.3, 0.4) is 0 Å². The summed E-state index contributed by atoms with van der Waals surface area (Å²) in [5, 5.41) is 3.24. The molecule has 0 saturated carbocycles. The van der Waals surface area contributed by atoms with Crippen molar-refractivity contribution in [1.82, 2.24) is 15.1 Å². The van der Waals surface area contributed by atoms with E-state index in [0.717, 1.165) is 32.6 Å². The minimum atomic E-state index is 0.196. The topological polar surface area (TPSA) is 35.6 Å². The maximum absolute atomic E-state index is 12.2. The molecule has 0 aromatic heterocycles. The van der Waals surface area contributed by atoms with E-state index < -0.39 is 0 Å². The standard InChI is InChI=1S/C12H23N3O/c1-9(10-6-13-7-10)12(16)15-5-4-11(8-15)14(2)3/h9-11,13H,4-8H2,1-3H3. The summed E-state index contributed by atoms with van der Waals surface area (Å²) in [6.07, 6.45) is 1.12. The first kappa shape index (κ1) is 11.9. The highest BCUT2D eigenvalue weighted by Crippen LogP contribution is 2.22. The van der Waals surface area contributed by atoms with Gasteiger partial charge in [-0.25, -0.2) is 0 Å². The van der Waals surface area contributed by atoms with E-state index in [9.17, 15) is 4.79 Å². The molecule has 92 valence electrons. The summed E-state index contributed by atoms with van der Waals surface area (Å²) in [4.78, 5) is 16.5. The predicted molar refractivity (Wildman–Crippen MR) is 64.2 cm³/mol. The molecule has 2 saturated heterocycles. The Kier molecular flexibility index (Phi) is 3.50. The minimum Gasteiger partial charge on any atom is -0.341 e. The van der Waals surface area contributed by atoms with Crippen LogP contribution < -0.4 is 5.32 Å². The lowest BCUT2D eigenvalue weighted by Gasteiger charge is -2.34. The van der Waals surface area contributed by atoms with Crippen LogP contribution in [0.1, 0.15) is 13.3 Å². The molecule has 0 aromatic rings. The summed E-state index contributed by atoms with van der Waals surface area (Å²) in [5.41, 5.74) is 0. The van der Waals surface area contributed by atoms with Crippen molar-refractivity contribution < 1.29 is 4.79 Å². The third-order valence-electron chi connectivity index (χ3n) is 4.12. The van der Waals surface area contributed by atoms with Crippen molar-refractivity contribution in [2.75, 3.05) is 40.3 Å². The molecule has 16 heavy (non-hydrogen) atoms. The van der Waals surface area contributed by atoms with E-state index >= 15 is 0 Å². The molecular weight excluding hydrogens is 202 g/mol. The summed E-state index contributed by atoms with van der Waals surface area (Å²) in [7, 11) is 4.19. The number of likely N-dealkylation sites (N-methyl/N-ethyl adjacent to an activating group) is 1. The average Bonchev–Trinajstić information content (AvgIpc) is 2.62. The molecule has 1 N–H and O–H groups in total. The van der Waals surface area contributed by atoms with Crippen molar-refractivity contribution >= 4 is 5.91 Å². The van der Waals surface area contributed by atoms with Crippen LogP contribution in [0, 0.1) is 11.8 Å². The van der Waals surface area contributed by atoms with Gasteiger partial charge in [-0.05, 0) is 39.5 Å². The van der Waals surface area contributed by atoms with Crippen molar-refractivity contribution in [2.24, 2.45) is 11.8 Å². The van der Waals surface area contributed by atoms with Crippen molar-refractivity contribution in [3.8, 4) is 0 Å². The number of rotatable bonds is 3. The van der Waals surface area contributed by atoms with Crippen molar-refractivity contribution in [3.05, 3.63) is 0 Å². The Hall–Kier alpha value is -0.610. The van der Waals surface area contributed by atoms with Crippen LogP contribution >= 0.6 is 0 Å². The van der Waals surface area contributed by atoms with Crippen LogP contribution in [0.5, 0.6) is 0 Å². The van der Waals surface area contributed by atoms with Gasteiger partial charge in [-0.15, -0.1) is 0 Å². The van der Waals surface area contributed by atoms with Crippen LogP contribution in [0.2, 0.25) is 0 Å². The Morgan fingerprint density at radius 1 is 1.44 bits per heavy atom. The van der Waals surface area contributed by atoms with Gasteiger partial charge < -0.3 is 15.1 Å². The van der Waals surface area contributed by atoms with Gasteiger partial charge in [-0.3, -0.25) is 4.79 Å². The lowest BCUT2D eigenvalue weighted by atomic mass is 9.88. The van der Waals surface area contributed by atoms with E-state index in [1.54, 1.807) is 0 Å². The zero-order valence-electron chi connectivity index (χ0n) is 10.6. The van der Waals surface area contributed by atoms with Gasteiger partial charge >= 0.3 is 0 Å². The van der Waals surface area contributed by atoms with Crippen LogP contribution in [0.25, 0.3) is 0 Å². The minimum absolute atomic E-state index is 0.196. The third-order valence-corrected chi connectivity index (χ3v) is 4.12. The highest BCUT2D eigenvalue weighted by atomic mass is 16.2. The molecule has 2 fully saturated rings. The first-order valence-corrected chi connectivity index (χ1v) is 6.25. The van der Waals surface area contributed by atoms with Crippen molar-refractivity contribution in [2.45, 2.75) is 19.4 Å². The lowest BCUT2D eigenvalue weighted by molar-refractivity contribution is -0.136. The van der Waals surface area contributed by atoms with E-state index in [1.165, 1.54) is 0 Å². The SMILES string of the molecule is CC(C(=O)N1CCC(N(C)C)C1)C1CNC1. The quantitative estimate of drug-likeness (QED) is 0.734. The average molecular weight is 225 g/mol. The Balaban J connectivity index is 1.86. The van der Waals surface area contributed by atoms with Crippen LogP contribution in [0.4, 0.5) is 0 Å². The number of likely N-dealkylation sites (tertiary alicyclic amines) is 1. The fourth-order valence-corrected chi connectivity index (χ4v) is 2.52. The number of carbonyl (C=O) groups is 1. The van der Waals surface area contributed by atoms with Gasteiger partial charge in [-0.2, -0.15) is 0 Å². The van der Waals surface area contributed by atoms with Crippen molar-refractivity contribution in [3.63, 3.8) is 0 Å². The zero-order chi connectivity index (χ0) is 11.7. The molecule has 2 atom stereocenters. The fraction of sp³-hybridized carbons (Fsp3) is 0.917. The molecule has 0 bridgehead atoms. The van der Waals surface area contributed by atoms with Crippen molar-refractivity contribution in [1.29, 1.82) is 0 Å². The van der Waals surface area contributed by atoms with E-state index in [2.05, 4.69) is 31.2 Å². The smallest absolute Gasteiger partial charge is 0.225 e. The maximum Gasteiger partial charge on any atom is 0.225 e. The number of hydrogen-bond acceptors (Lipinski definition) is 3. The van der Waals surface area contributed by atoms with Gasteiger partial charge in [0.2, 0.25) is 5.91 Å². The Morgan fingerprint density at radius 3 is 2.56 bits per heavy atom.